The van der Waals surface area contributed by atoms with E-state index in [4.69, 9.17) is 4.74 Å². The summed E-state index contributed by atoms with van der Waals surface area (Å²) in [4.78, 5) is 25.6. The minimum Gasteiger partial charge on any atom is -0.469 e. The molecule has 0 N–H and O–H groups in total. The third-order valence-corrected chi connectivity index (χ3v) is 4.59. The van der Waals surface area contributed by atoms with Gasteiger partial charge in [-0.25, -0.2) is 0 Å². The lowest BCUT2D eigenvalue weighted by molar-refractivity contribution is -0.145. The Hall–Kier alpha value is -1.84. The van der Waals surface area contributed by atoms with E-state index in [1.54, 1.807) is 0 Å². The standard InChI is InChI=1S/C18H25NO3/c1-13(11-18(2,3)15-8-6-5-7-9-15)19-12-14(10-16(19)20)17(21)22-4/h5-9,13-14H,10-12H2,1-4H3. The van der Waals surface area contributed by atoms with Crippen LogP contribution in [-0.2, 0) is 19.7 Å². The summed E-state index contributed by atoms with van der Waals surface area (Å²) in [6, 6.07) is 10.4. The van der Waals surface area contributed by atoms with Gasteiger partial charge >= 0.3 is 5.97 Å². The van der Waals surface area contributed by atoms with Crippen LogP contribution in [0.3, 0.4) is 0 Å². The first kappa shape index (κ1) is 16.5. The molecule has 22 heavy (non-hydrogen) atoms. The molecule has 1 amide bonds. The fraction of sp³-hybridized carbons (Fsp3) is 0.556. The van der Waals surface area contributed by atoms with Crippen LogP contribution in [0, 0.1) is 5.92 Å². The van der Waals surface area contributed by atoms with Crippen molar-refractivity contribution >= 4 is 11.9 Å². The van der Waals surface area contributed by atoms with Gasteiger partial charge in [-0.2, -0.15) is 0 Å². The summed E-state index contributed by atoms with van der Waals surface area (Å²) in [5.41, 5.74) is 1.24. The first-order valence-corrected chi connectivity index (χ1v) is 7.78. The largest absolute Gasteiger partial charge is 0.469 e. The minimum absolute atomic E-state index is 0.0235. The van der Waals surface area contributed by atoms with E-state index >= 15 is 0 Å². The fourth-order valence-electron chi connectivity index (χ4n) is 3.34. The van der Waals surface area contributed by atoms with Crippen LogP contribution in [0.25, 0.3) is 0 Å². The van der Waals surface area contributed by atoms with Gasteiger partial charge in [-0.1, -0.05) is 44.2 Å². The summed E-state index contributed by atoms with van der Waals surface area (Å²) < 4.78 is 4.76. The molecule has 1 fully saturated rings. The first-order chi connectivity index (χ1) is 10.3. The molecule has 0 bridgehead atoms. The number of hydrogen-bond acceptors (Lipinski definition) is 3. The molecule has 0 aliphatic carbocycles. The molecule has 0 saturated carbocycles. The maximum absolute atomic E-state index is 12.2. The van der Waals surface area contributed by atoms with E-state index in [0.29, 0.717) is 6.54 Å². The first-order valence-electron chi connectivity index (χ1n) is 7.78. The van der Waals surface area contributed by atoms with Gasteiger partial charge in [0.25, 0.3) is 0 Å². The number of carbonyl (C=O) groups is 2. The number of hydrogen-bond donors (Lipinski definition) is 0. The number of benzene rings is 1. The molecular weight excluding hydrogens is 278 g/mol. The second-order valence-electron chi connectivity index (χ2n) is 6.77. The maximum Gasteiger partial charge on any atom is 0.310 e. The van der Waals surface area contributed by atoms with Crippen molar-refractivity contribution in [3.05, 3.63) is 35.9 Å². The zero-order valence-corrected chi connectivity index (χ0v) is 13.8. The molecule has 1 aliphatic rings. The summed E-state index contributed by atoms with van der Waals surface area (Å²) in [7, 11) is 1.37. The van der Waals surface area contributed by atoms with Gasteiger partial charge in [-0.15, -0.1) is 0 Å². The second-order valence-corrected chi connectivity index (χ2v) is 6.77. The molecule has 0 spiro atoms. The van der Waals surface area contributed by atoms with Crippen molar-refractivity contribution in [3.8, 4) is 0 Å². The monoisotopic (exact) mass is 303 g/mol. The summed E-state index contributed by atoms with van der Waals surface area (Å²) in [5.74, 6) is -0.558. The van der Waals surface area contributed by atoms with E-state index in [1.807, 2.05) is 23.1 Å². The van der Waals surface area contributed by atoms with Crippen molar-refractivity contribution in [3.63, 3.8) is 0 Å². The van der Waals surface area contributed by atoms with Gasteiger partial charge in [-0.3, -0.25) is 9.59 Å². The third-order valence-electron chi connectivity index (χ3n) is 4.59. The van der Waals surface area contributed by atoms with Crippen LogP contribution in [0.4, 0.5) is 0 Å². The van der Waals surface area contributed by atoms with E-state index in [0.717, 1.165) is 6.42 Å². The van der Waals surface area contributed by atoms with Crippen LogP contribution in [0.1, 0.15) is 39.2 Å². The lowest BCUT2D eigenvalue weighted by Gasteiger charge is -2.33. The molecule has 2 unspecified atom stereocenters. The van der Waals surface area contributed by atoms with E-state index in [1.165, 1.54) is 12.7 Å². The average molecular weight is 303 g/mol. The van der Waals surface area contributed by atoms with Crippen molar-refractivity contribution < 1.29 is 14.3 Å². The number of ether oxygens (including phenoxy) is 1. The van der Waals surface area contributed by atoms with Gasteiger partial charge in [0.05, 0.1) is 13.0 Å². The van der Waals surface area contributed by atoms with Crippen molar-refractivity contribution in [1.29, 1.82) is 0 Å². The van der Waals surface area contributed by atoms with Crippen molar-refractivity contribution in [2.45, 2.75) is 45.1 Å². The molecule has 2 atom stereocenters. The Morgan fingerprint density at radius 3 is 2.59 bits per heavy atom. The topological polar surface area (TPSA) is 46.6 Å². The Balaban J connectivity index is 2.04. The van der Waals surface area contributed by atoms with Gasteiger partial charge < -0.3 is 9.64 Å². The van der Waals surface area contributed by atoms with Crippen LogP contribution >= 0.6 is 0 Å². The highest BCUT2D eigenvalue weighted by atomic mass is 16.5. The summed E-state index contributed by atoms with van der Waals surface area (Å²) in [5, 5.41) is 0. The van der Waals surface area contributed by atoms with Crippen molar-refractivity contribution in [2.24, 2.45) is 5.92 Å². The van der Waals surface area contributed by atoms with Crippen molar-refractivity contribution in [1.82, 2.24) is 4.90 Å². The molecule has 1 aromatic rings. The van der Waals surface area contributed by atoms with E-state index in [9.17, 15) is 9.59 Å². The highest BCUT2D eigenvalue weighted by Gasteiger charge is 2.38. The average Bonchev–Trinajstić information content (AvgIpc) is 2.89. The fourth-order valence-corrected chi connectivity index (χ4v) is 3.34. The maximum atomic E-state index is 12.2. The third kappa shape index (κ3) is 3.49. The van der Waals surface area contributed by atoms with Crippen molar-refractivity contribution in [2.75, 3.05) is 13.7 Å². The molecule has 4 nitrogen and oxygen atoms in total. The Kier molecular flexibility index (Phi) is 4.89. The lowest BCUT2D eigenvalue weighted by Crippen LogP contribution is -2.39. The van der Waals surface area contributed by atoms with Crippen LogP contribution in [0.2, 0.25) is 0 Å². The number of esters is 1. The smallest absolute Gasteiger partial charge is 0.310 e. The Bertz CT molecular complexity index is 539. The molecule has 120 valence electrons. The normalized spacial score (nSPS) is 20.1. The molecule has 1 aliphatic heterocycles. The molecule has 0 aromatic heterocycles. The van der Waals surface area contributed by atoms with Gasteiger partial charge in [0, 0.05) is 19.0 Å². The predicted octanol–water partition coefficient (Wildman–Crippen LogP) is 2.76. The SMILES string of the molecule is COC(=O)C1CC(=O)N(C(C)CC(C)(C)c2ccccc2)C1. The molecule has 4 heteroatoms. The lowest BCUT2D eigenvalue weighted by atomic mass is 9.79. The van der Waals surface area contributed by atoms with Crippen LogP contribution in [0.15, 0.2) is 30.3 Å². The number of likely N-dealkylation sites (tertiary alicyclic amines) is 1. The number of methoxy groups -OCH3 is 1. The number of carbonyl (C=O) groups excluding carboxylic acids is 2. The quantitative estimate of drug-likeness (QED) is 0.786. The number of nitrogens with zero attached hydrogens (tertiary/aromatic N) is 1. The van der Waals surface area contributed by atoms with E-state index < -0.39 is 0 Å². The van der Waals surface area contributed by atoms with Crippen LogP contribution < -0.4 is 0 Å². The molecule has 1 aromatic carbocycles. The highest BCUT2D eigenvalue weighted by Crippen LogP contribution is 2.32. The summed E-state index contributed by atoms with van der Waals surface area (Å²) in [6.45, 7) is 6.91. The summed E-state index contributed by atoms with van der Waals surface area (Å²) >= 11 is 0. The summed E-state index contributed by atoms with van der Waals surface area (Å²) in [6.07, 6.45) is 1.12. The highest BCUT2D eigenvalue weighted by molar-refractivity contribution is 5.86. The minimum atomic E-state index is -0.320. The van der Waals surface area contributed by atoms with E-state index in [2.05, 4.69) is 32.9 Å². The Morgan fingerprint density at radius 1 is 1.36 bits per heavy atom. The molecule has 0 radical (unpaired) electrons. The van der Waals surface area contributed by atoms with Gasteiger partial charge in [0.2, 0.25) is 5.91 Å². The van der Waals surface area contributed by atoms with Crippen LogP contribution in [0.5, 0.6) is 0 Å². The zero-order chi connectivity index (χ0) is 16.3. The molecule has 1 heterocycles. The number of amides is 1. The zero-order valence-electron chi connectivity index (χ0n) is 13.8. The Labute approximate surface area is 132 Å². The number of rotatable bonds is 5. The molecule has 2 rings (SSSR count). The predicted molar refractivity (Wildman–Crippen MR) is 85.4 cm³/mol. The molecule has 1 saturated heterocycles. The van der Waals surface area contributed by atoms with Crippen LogP contribution in [-0.4, -0.2) is 36.5 Å². The Morgan fingerprint density at radius 2 is 2.00 bits per heavy atom. The van der Waals surface area contributed by atoms with E-state index in [-0.39, 0.29) is 35.7 Å². The van der Waals surface area contributed by atoms with Gasteiger partial charge in [-0.05, 0) is 24.3 Å². The molecular formula is C18H25NO3. The second kappa shape index (κ2) is 6.51. The van der Waals surface area contributed by atoms with Gasteiger partial charge in [0.15, 0.2) is 0 Å². The van der Waals surface area contributed by atoms with Gasteiger partial charge in [0.1, 0.15) is 0 Å².